The Balaban J connectivity index is 2.78. The molecule has 0 fully saturated rings. The lowest BCUT2D eigenvalue weighted by molar-refractivity contribution is 0.111. The highest BCUT2D eigenvalue weighted by molar-refractivity contribution is 5.79. The van der Waals surface area contributed by atoms with E-state index in [1.807, 2.05) is 0 Å². The third-order valence-electron chi connectivity index (χ3n) is 1.95. The van der Waals surface area contributed by atoms with Gasteiger partial charge in [0, 0.05) is 12.5 Å². The van der Waals surface area contributed by atoms with Crippen LogP contribution in [0.2, 0.25) is 0 Å². The van der Waals surface area contributed by atoms with Gasteiger partial charge in [0.2, 0.25) is 0 Å². The molecule has 15 heavy (non-hydrogen) atoms. The summed E-state index contributed by atoms with van der Waals surface area (Å²) in [6.45, 7) is 1.91. The molecular formula is C11H13FO3. The van der Waals surface area contributed by atoms with Gasteiger partial charge in [-0.15, -0.1) is 0 Å². The summed E-state index contributed by atoms with van der Waals surface area (Å²) >= 11 is 0. The Morgan fingerprint density at radius 3 is 2.93 bits per heavy atom. The maximum absolute atomic E-state index is 13.2. The lowest BCUT2D eigenvalue weighted by Crippen LogP contribution is -2.13. The Labute approximate surface area is 87.5 Å². The summed E-state index contributed by atoms with van der Waals surface area (Å²) in [6.07, 6.45) is 0.544. The number of hydrogen-bond donors (Lipinski definition) is 1. The first kappa shape index (κ1) is 11.7. The van der Waals surface area contributed by atoms with Crippen LogP contribution in [-0.4, -0.2) is 24.6 Å². The number of halogens is 1. The van der Waals surface area contributed by atoms with Crippen molar-refractivity contribution in [3.05, 3.63) is 29.6 Å². The predicted molar refractivity (Wildman–Crippen MR) is 53.5 cm³/mol. The van der Waals surface area contributed by atoms with Gasteiger partial charge < -0.3 is 9.84 Å². The van der Waals surface area contributed by atoms with Crippen molar-refractivity contribution in [3.8, 4) is 5.75 Å². The van der Waals surface area contributed by atoms with E-state index in [1.165, 1.54) is 18.2 Å². The van der Waals surface area contributed by atoms with Gasteiger partial charge in [0.1, 0.15) is 0 Å². The Morgan fingerprint density at radius 1 is 1.60 bits per heavy atom. The second-order valence-corrected chi connectivity index (χ2v) is 3.37. The molecule has 1 atom stereocenters. The average Bonchev–Trinajstić information content (AvgIpc) is 2.26. The van der Waals surface area contributed by atoms with Crippen LogP contribution in [0.4, 0.5) is 4.39 Å². The van der Waals surface area contributed by atoms with Crippen LogP contribution in [0, 0.1) is 11.7 Å². The predicted octanol–water partition coefficient (Wildman–Crippen LogP) is 1.65. The monoisotopic (exact) mass is 212 g/mol. The number of para-hydroxylation sites is 1. The summed E-state index contributed by atoms with van der Waals surface area (Å²) < 4.78 is 18.4. The minimum Gasteiger partial charge on any atom is -0.489 e. The first-order chi connectivity index (χ1) is 7.19. The second-order valence-electron chi connectivity index (χ2n) is 3.37. The second kappa shape index (κ2) is 5.46. The highest BCUT2D eigenvalue weighted by atomic mass is 19.1. The van der Waals surface area contributed by atoms with Gasteiger partial charge in [-0.25, -0.2) is 4.39 Å². The number of aldehydes is 1. The third kappa shape index (κ3) is 3.02. The number of ether oxygens (including phenoxy) is 1. The zero-order valence-corrected chi connectivity index (χ0v) is 8.44. The largest absolute Gasteiger partial charge is 0.489 e. The molecule has 0 amide bonds. The normalized spacial score (nSPS) is 12.2. The maximum atomic E-state index is 13.2. The lowest BCUT2D eigenvalue weighted by Gasteiger charge is -2.12. The first-order valence-corrected chi connectivity index (χ1v) is 4.66. The molecule has 1 aromatic rings. The molecule has 82 valence electrons. The quantitative estimate of drug-likeness (QED) is 0.755. The number of hydrogen-bond acceptors (Lipinski definition) is 3. The maximum Gasteiger partial charge on any atom is 0.165 e. The van der Waals surface area contributed by atoms with E-state index in [0.717, 1.165) is 0 Å². The highest BCUT2D eigenvalue weighted by Crippen LogP contribution is 2.21. The molecule has 0 bridgehead atoms. The highest BCUT2D eigenvalue weighted by Gasteiger charge is 2.10. The first-order valence-electron chi connectivity index (χ1n) is 4.66. The summed E-state index contributed by atoms with van der Waals surface area (Å²) in [4.78, 5) is 10.6. The Hall–Kier alpha value is -1.42. The molecule has 1 unspecified atom stereocenters. The van der Waals surface area contributed by atoms with Gasteiger partial charge in [-0.2, -0.15) is 0 Å². The van der Waals surface area contributed by atoms with Crippen molar-refractivity contribution >= 4 is 6.29 Å². The Bertz CT molecular complexity index is 339. The molecule has 1 aromatic carbocycles. The van der Waals surface area contributed by atoms with Crippen LogP contribution in [0.3, 0.4) is 0 Å². The van der Waals surface area contributed by atoms with Crippen molar-refractivity contribution in [1.29, 1.82) is 0 Å². The fraction of sp³-hybridized carbons (Fsp3) is 0.364. The zero-order chi connectivity index (χ0) is 11.3. The van der Waals surface area contributed by atoms with Crippen LogP contribution in [0.5, 0.6) is 5.75 Å². The van der Waals surface area contributed by atoms with E-state index < -0.39 is 5.82 Å². The number of carbonyl (C=O) groups excluding carboxylic acids is 1. The standard InChI is InChI=1S/C11H13FO3/c1-8(5-13)7-15-11-9(6-14)3-2-4-10(11)12/h2-4,6,8,13H,5,7H2,1H3. The van der Waals surface area contributed by atoms with Crippen LogP contribution in [0.1, 0.15) is 17.3 Å². The number of aliphatic hydroxyl groups excluding tert-OH is 1. The zero-order valence-electron chi connectivity index (χ0n) is 8.44. The molecule has 3 nitrogen and oxygen atoms in total. The molecule has 0 saturated heterocycles. The van der Waals surface area contributed by atoms with Crippen molar-refractivity contribution in [2.24, 2.45) is 5.92 Å². The van der Waals surface area contributed by atoms with Gasteiger partial charge in [-0.05, 0) is 12.1 Å². The van der Waals surface area contributed by atoms with E-state index in [4.69, 9.17) is 9.84 Å². The number of benzene rings is 1. The Morgan fingerprint density at radius 2 is 2.33 bits per heavy atom. The molecule has 0 aromatic heterocycles. The average molecular weight is 212 g/mol. The topological polar surface area (TPSA) is 46.5 Å². The summed E-state index contributed by atoms with van der Waals surface area (Å²) in [5.41, 5.74) is 0.181. The van der Waals surface area contributed by atoms with Crippen LogP contribution in [0.25, 0.3) is 0 Å². The Kier molecular flexibility index (Phi) is 4.24. The smallest absolute Gasteiger partial charge is 0.165 e. The molecule has 0 radical (unpaired) electrons. The van der Waals surface area contributed by atoms with Crippen LogP contribution < -0.4 is 4.74 Å². The van der Waals surface area contributed by atoms with Crippen molar-refractivity contribution in [2.75, 3.05) is 13.2 Å². The number of carbonyl (C=O) groups is 1. The van der Waals surface area contributed by atoms with E-state index in [9.17, 15) is 9.18 Å². The molecule has 0 aliphatic carbocycles. The SMILES string of the molecule is CC(CO)COc1c(F)cccc1C=O. The van der Waals surface area contributed by atoms with Gasteiger partial charge in [0.05, 0.1) is 12.2 Å². The fourth-order valence-electron chi connectivity index (χ4n) is 1.05. The van der Waals surface area contributed by atoms with Gasteiger partial charge in [0.25, 0.3) is 0 Å². The van der Waals surface area contributed by atoms with Gasteiger partial charge in [-0.1, -0.05) is 13.0 Å². The van der Waals surface area contributed by atoms with Gasteiger partial charge >= 0.3 is 0 Å². The molecular weight excluding hydrogens is 199 g/mol. The minimum absolute atomic E-state index is 0.0368. The summed E-state index contributed by atoms with van der Waals surface area (Å²) in [6, 6.07) is 4.16. The van der Waals surface area contributed by atoms with Crippen LogP contribution in [0.15, 0.2) is 18.2 Å². The molecule has 0 aliphatic heterocycles. The number of rotatable bonds is 5. The number of aliphatic hydroxyl groups is 1. The van der Waals surface area contributed by atoms with E-state index >= 15 is 0 Å². The summed E-state index contributed by atoms with van der Waals surface area (Å²) in [7, 11) is 0. The van der Waals surface area contributed by atoms with Crippen LogP contribution in [-0.2, 0) is 0 Å². The molecule has 4 heteroatoms. The third-order valence-corrected chi connectivity index (χ3v) is 1.95. The van der Waals surface area contributed by atoms with Crippen LogP contribution >= 0.6 is 0 Å². The molecule has 0 spiro atoms. The van der Waals surface area contributed by atoms with Crippen molar-refractivity contribution < 1.29 is 19.0 Å². The fourth-order valence-corrected chi connectivity index (χ4v) is 1.05. The van der Waals surface area contributed by atoms with Gasteiger partial charge in [0.15, 0.2) is 17.9 Å². The molecule has 0 aliphatic rings. The van der Waals surface area contributed by atoms with E-state index in [2.05, 4.69) is 0 Å². The van der Waals surface area contributed by atoms with E-state index in [-0.39, 0.29) is 30.4 Å². The summed E-state index contributed by atoms with van der Waals surface area (Å²) in [5, 5.41) is 8.77. The van der Waals surface area contributed by atoms with Gasteiger partial charge in [-0.3, -0.25) is 4.79 Å². The molecule has 1 N–H and O–H groups in total. The van der Waals surface area contributed by atoms with Crippen molar-refractivity contribution in [1.82, 2.24) is 0 Å². The molecule has 0 saturated carbocycles. The minimum atomic E-state index is -0.565. The molecule has 0 heterocycles. The van der Waals surface area contributed by atoms with Crippen molar-refractivity contribution in [2.45, 2.75) is 6.92 Å². The van der Waals surface area contributed by atoms with Crippen molar-refractivity contribution in [3.63, 3.8) is 0 Å². The summed E-state index contributed by atoms with van der Waals surface area (Å²) in [5.74, 6) is -0.707. The van der Waals surface area contributed by atoms with E-state index in [1.54, 1.807) is 6.92 Å². The lowest BCUT2D eigenvalue weighted by atomic mass is 10.2. The molecule has 1 rings (SSSR count). The van der Waals surface area contributed by atoms with E-state index in [0.29, 0.717) is 6.29 Å².